The zero-order valence-corrected chi connectivity index (χ0v) is 15.2. The monoisotopic (exact) mass is 360 g/mol. The Balaban J connectivity index is 1.57. The smallest absolute Gasteiger partial charge is 0.277 e. The number of rotatable bonds is 3. The zero-order valence-electron chi connectivity index (χ0n) is 14.4. The minimum Gasteiger partial charge on any atom is -0.296 e. The highest BCUT2D eigenvalue weighted by molar-refractivity contribution is 7.14. The summed E-state index contributed by atoms with van der Waals surface area (Å²) in [4.78, 5) is 25.6. The molecule has 4 aromatic rings. The van der Waals surface area contributed by atoms with Crippen molar-refractivity contribution in [3.8, 4) is 11.3 Å². The van der Waals surface area contributed by atoms with E-state index in [1.54, 1.807) is 0 Å². The fraction of sp³-hybridized carbons (Fsp3) is 0.100. The maximum absolute atomic E-state index is 12.5. The Morgan fingerprint density at radius 3 is 2.65 bits per heavy atom. The van der Waals surface area contributed by atoms with Gasteiger partial charge in [-0.1, -0.05) is 35.9 Å². The number of amides is 1. The molecule has 0 spiro atoms. The third kappa shape index (κ3) is 3.19. The lowest BCUT2D eigenvalue weighted by Gasteiger charge is -2.04. The number of carbonyl (C=O) groups excluding carboxylic acids is 1. The van der Waals surface area contributed by atoms with E-state index >= 15 is 0 Å². The lowest BCUT2D eigenvalue weighted by molar-refractivity contribution is 0.102. The van der Waals surface area contributed by atoms with Crippen LogP contribution in [0.3, 0.4) is 0 Å². The second-order valence-corrected chi connectivity index (χ2v) is 6.91. The van der Waals surface area contributed by atoms with Crippen molar-refractivity contribution >= 4 is 33.4 Å². The minimum atomic E-state index is -0.315. The van der Waals surface area contributed by atoms with Crippen LogP contribution in [0, 0.1) is 13.8 Å². The van der Waals surface area contributed by atoms with Crippen LogP contribution in [0.5, 0.6) is 0 Å². The Morgan fingerprint density at radius 2 is 1.85 bits per heavy atom. The van der Waals surface area contributed by atoms with Gasteiger partial charge in [-0.3, -0.25) is 15.1 Å². The van der Waals surface area contributed by atoms with E-state index in [0.717, 1.165) is 22.3 Å². The summed E-state index contributed by atoms with van der Waals surface area (Å²) in [5.74, 6) is -0.315. The Kier molecular flexibility index (Phi) is 4.18. The average Bonchev–Trinajstić information content (AvgIpc) is 3.09. The number of benzene rings is 2. The SMILES string of the molecule is Cc1ccc(-c2csc(NC(=O)c3cnc4ccccc4n3)n2)c(C)c1. The summed E-state index contributed by atoms with van der Waals surface area (Å²) in [7, 11) is 0. The number of carbonyl (C=O) groups is 1. The van der Waals surface area contributed by atoms with E-state index < -0.39 is 0 Å². The van der Waals surface area contributed by atoms with Crippen LogP contribution in [0.1, 0.15) is 21.6 Å². The molecule has 2 aromatic heterocycles. The number of hydrogen-bond donors (Lipinski definition) is 1. The molecule has 0 radical (unpaired) electrons. The molecule has 0 saturated heterocycles. The summed E-state index contributed by atoms with van der Waals surface area (Å²) in [6.07, 6.45) is 1.48. The molecule has 5 nitrogen and oxygen atoms in total. The van der Waals surface area contributed by atoms with Crippen LogP contribution in [0.15, 0.2) is 54.0 Å². The summed E-state index contributed by atoms with van der Waals surface area (Å²) < 4.78 is 0. The maximum atomic E-state index is 12.5. The molecule has 0 aliphatic rings. The van der Waals surface area contributed by atoms with Gasteiger partial charge < -0.3 is 0 Å². The number of aryl methyl sites for hydroxylation is 2. The Bertz CT molecular complexity index is 1120. The van der Waals surface area contributed by atoms with Crippen molar-refractivity contribution in [2.75, 3.05) is 5.32 Å². The number of fused-ring (bicyclic) bond motifs is 1. The first kappa shape index (κ1) is 16.4. The molecular weight excluding hydrogens is 344 g/mol. The van der Waals surface area contributed by atoms with Crippen molar-refractivity contribution in [1.29, 1.82) is 0 Å². The number of anilines is 1. The van der Waals surface area contributed by atoms with Gasteiger partial charge in [-0.15, -0.1) is 11.3 Å². The van der Waals surface area contributed by atoms with Gasteiger partial charge in [0, 0.05) is 10.9 Å². The molecule has 2 heterocycles. The largest absolute Gasteiger partial charge is 0.296 e. The van der Waals surface area contributed by atoms with Gasteiger partial charge in [0.2, 0.25) is 0 Å². The lowest BCUT2D eigenvalue weighted by Crippen LogP contribution is -2.14. The average molecular weight is 360 g/mol. The van der Waals surface area contributed by atoms with Crippen molar-refractivity contribution in [3.05, 3.63) is 70.9 Å². The van der Waals surface area contributed by atoms with Gasteiger partial charge in [-0.25, -0.2) is 9.97 Å². The van der Waals surface area contributed by atoms with Gasteiger partial charge in [0.15, 0.2) is 5.13 Å². The summed E-state index contributed by atoms with van der Waals surface area (Å²) in [5.41, 5.74) is 6.02. The summed E-state index contributed by atoms with van der Waals surface area (Å²) >= 11 is 1.39. The molecule has 26 heavy (non-hydrogen) atoms. The van der Waals surface area contributed by atoms with Gasteiger partial charge >= 0.3 is 0 Å². The van der Waals surface area contributed by atoms with Crippen molar-refractivity contribution in [1.82, 2.24) is 15.0 Å². The Hall–Kier alpha value is -3.12. The first-order valence-corrected chi connectivity index (χ1v) is 9.04. The first-order chi connectivity index (χ1) is 12.6. The van der Waals surface area contributed by atoms with Gasteiger partial charge in [0.25, 0.3) is 5.91 Å². The molecule has 0 saturated carbocycles. The summed E-state index contributed by atoms with van der Waals surface area (Å²) in [5, 5.41) is 5.30. The van der Waals surface area contributed by atoms with E-state index in [-0.39, 0.29) is 11.6 Å². The van der Waals surface area contributed by atoms with Gasteiger partial charge in [-0.2, -0.15) is 0 Å². The van der Waals surface area contributed by atoms with E-state index in [1.807, 2.05) is 29.6 Å². The fourth-order valence-electron chi connectivity index (χ4n) is 2.78. The van der Waals surface area contributed by atoms with Crippen molar-refractivity contribution in [2.45, 2.75) is 13.8 Å². The Labute approximate surface area is 154 Å². The third-order valence-corrected chi connectivity index (χ3v) is 4.82. The Morgan fingerprint density at radius 1 is 1.04 bits per heavy atom. The quantitative estimate of drug-likeness (QED) is 0.579. The summed E-state index contributed by atoms with van der Waals surface area (Å²) in [6, 6.07) is 13.7. The highest BCUT2D eigenvalue weighted by Gasteiger charge is 2.13. The van der Waals surface area contributed by atoms with Crippen LogP contribution in [0.2, 0.25) is 0 Å². The number of aromatic nitrogens is 3. The molecule has 128 valence electrons. The van der Waals surface area contributed by atoms with Crippen LogP contribution in [-0.4, -0.2) is 20.9 Å². The van der Waals surface area contributed by atoms with Crippen LogP contribution < -0.4 is 5.32 Å². The molecule has 0 atom stereocenters. The number of thiazole rings is 1. The minimum absolute atomic E-state index is 0.270. The van der Waals surface area contributed by atoms with Crippen LogP contribution in [0.25, 0.3) is 22.3 Å². The molecule has 6 heteroatoms. The van der Waals surface area contributed by atoms with Crippen molar-refractivity contribution in [2.24, 2.45) is 0 Å². The lowest BCUT2D eigenvalue weighted by atomic mass is 10.0. The number of hydrogen-bond acceptors (Lipinski definition) is 5. The molecule has 0 unspecified atom stereocenters. The molecule has 1 amide bonds. The highest BCUT2D eigenvalue weighted by atomic mass is 32.1. The highest BCUT2D eigenvalue weighted by Crippen LogP contribution is 2.28. The van der Waals surface area contributed by atoms with Gasteiger partial charge in [0.05, 0.1) is 22.9 Å². The molecule has 0 fully saturated rings. The summed E-state index contributed by atoms with van der Waals surface area (Å²) in [6.45, 7) is 4.12. The van der Waals surface area contributed by atoms with Gasteiger partial charge in [0.1, 0.15) is 5.69 Å². The number of nitrogens with zero attached hydrogens (tertiary/aromatic N) is 3. The van der Waals surface area contributed by atoms with Crippen molar-refractivity contribution in [3.63, 3.8) is 0 Å². The predicted octanol–water partition coefficient (Wildman–Crippen LogP) is 4.62. The second-order valence-electron chi connectivity index (χ2n) is 6.05. The van der Waals surface area contributed by atoms with E-state index in [0.29, 0.717) is 10.6 Å². The zero-order chi connectivity index (χ0) is 18.1. The topological polar surface area (TPSA) is 67.8 Å². The van der Waals surface area contributed by atoms with Gasteiger partial charge in [-0.05, 0) is 31.5 Å². The number of nitrogens with one attached hydrogen (secondary N) is 1. The molecule has 2 aromatic carbocycles. The van der Waals surface area contributed by atoms with Crippen LogP contribution >= 0.6 is 11.3 Å². The second kappa shape index (κ2) is 6.65. The molecular formula is C20H16N4OS. The molecule has 0 aliphatic heterocycles. The molecule has 0 bridgehead atoms. The molecule has 1 N–H and O–H groups in total. The number of para-hydroxylation sites is 2. The van der Waals surface area contributed by atoms with Crippen LogP contribution in [0.4, 0.5) is 5.13 Å². The van der Waals surface area contributed by atoms with Crippen molar-refractivity contribution < 1.29 is 4.79 Å². The van der Waals surface area contributed by atoms with E-state index in [9.17, 15) is 4.79 Å². The molecule has 4 rings (SSSR count). The third-order valence-electron chi connectivity index (χ3n) is 4.06. The predicted molar refractivity (Wildman–Crippen MR) is 105 cm³/mol. The standard InChI is InChI=1S/C20H16N4OS/c1-12-7-8-14(13(2)9-12)18-11-26-20(23-18)24-19(25)17-10-21-15-5-3-4-6-16(15)22-17/h3-11H,1-2H3,(H,23,24,25). The van der Waals surface area contributed by atoms with E-state index in [1.165, 1.54) is 23.1 Å². The van der Waals surface area contributed by atoms with E-state index in [4.69, 9.17) is 0 Å². The van der Waals surface area contributed by atoms with Crippen LogP contribution in [-0.2, 0) is 0 Å². The first-order valence-electron chi connectivity index (χ1n) is 8.16. The maximum Gasteiger partial charge on any atom is 0.277 e. The molecule has 0 aliphatic carbocycles. The fourth-order valence-corrected chi connectivity index (χ4v) is 3.49. The van der Waals surface area contributed by atoms with E-state index in [2.05, 4.69) is 52.3 Å². The normalized spacial score (nSPS) is 10.8.